The average molecular weight is 813 g/mol. The maximum absolute atomic E-state index is 13.9. The van der Waals surface area contributed by atoms with E-state index >= 15 is 0 Å². The Morgan fingerprint density at radius 3 is 2.24 bits per heavy atom. The Morgan fingerprint density at radius 2 is 1.59 bits per heavy atom. The molecule has 2 unspecified atom stereocenters. The van der Waals surface area contributed by atoms with E-state index in [1.54, 1.807) is 6.07 Å². The number of aromatic nitrogens is 3. The highest BCUT2D eigenvalue weighted by atomic mass is 28.4. The molecule has 316 valence electrons. The van der Waals surface area contributed by atoms with Gasteiger partial charge >= 0.3 is 11.9 Å². The lowest BCUT2D eigenvalue weighted by molar-refractivity contribution is -0.248. The van der Waals surface area contributed by atoms with Crippen molar-refractivity contribution in [2.24, 2.45) is 16.2 Å². The van der Waals surface area contributed by atoms with E-state index in [-0.39, 0.29) is 38.5 Å². The normalized spacial score (nSPS) is 26.8. The number of benzene rings is 1. The third kappa shape index (κ3) is 8.42. The Morgan fingerprint density at radius 1 is 0.879 bits per heavy atom. The number of rotatable bonds is 12. The van der Waals surface area contributed by atoms with Gasteiger partial charge in [-0.05, 0) is 143 Å². The number of ether oxygens (including phenoxy) is 3. The number of pyridine rings is 1. The number of carbonyl (C=O) groups is 2. The van der Waals surface area contributed by atoms with E-state index in [0.29, 0.717) is 43.2 Å². The summed E-state index contributed by atoms with van der Waals surface area (Å²) in [5.74, 6) is -0.170. The highest BCUT2D eigenvalue weighted by Gasteiger charge is 2.65. The zero-order valence-corrected chi connectivity index (χ0v) is 38.4. The van der Waals surface area contributed by atoms with E-state index in [1.807, 2.05) is 45.2 Å². The van der Waals surface area contributed by atoms with E-state index in [0.717, 1.165) is 61.0 Å². The lowest BCUT2D eigenvalue weighted by atomic mass is 9.38. The largest absolute Gasteiger partial charge is 0.465 e. The number of nitrogens with zero attached hydrogens (tertiary/aromatic N) is 4. The Labute approximate surface area is 347 Å². The third-order valence-corrected chi connectivity index (χ3v) is 18.7. The third-order valence-electron chi connectivity index (χ3n) is 14.1. The van der Waals surface area contributed by atoms with Gasteiger partial charge in [-0.2, -0.15) is 5.10 Å². The zero-order valence-electron chi connectivity index (χ0n) is 37.4. The Hall–Kier alpha value is -3.54. The van der Waals surface area contributed by atoms with Gasteiger partial charge < -0.3 is 23.5 Å². The van der Waals surface area contributed by atoms with Crippen LogP contribution in [-0.2, 0) is 38.1 Å². The molecule has 2 aromatic heterocycles. The van der Waals surface area contributed by atoms with Crippen LogP contribution in [0, 0.1) is 23.2 Å². The fourth-order valence-corrected chi connectivity index (χ4v) is 12.7. The predicted octanol–water partition coefficient (Wildman–Crippen LogP) is 10.1. The summed E-state index contributed by atoms with van der Waals surface area (Å²) in [6.45, 7) is 27.5. The van der Waals surface area contributed by atoms with Gasteiger partial charge in [0.05, 0.1) is 37.7 Å². The Kier molecular flexibility index (Phi) is 10.9. The summed E-state index contributed by atoms with van der Waals surface area (Å²) in [6.07, 6.45) is 10.7. The van der Waals surface area contributed by atoms with Crippen molar-refractivity contribution in [3.8, 4) is 11.1 Å². The van der Waals surface area contributed by atoms with Crippen LogP contribution in [0.2, 0.25) is 18.1 Å². The van der Waals surface area contributed by atoms with Gasteiger partial charge in [-0.15, -0.1) is 0 Å². The van der Waals surface area contributed by atoms with Crippen LogP contribution in [0.4, 0.5) is 5.82 Å². The lowest BCUT2D eigenvalue weighted by Gasteiger charge is -2.69. The molecule has 0 amide bonds. The number of methoxy groups -OCH3 is 1. The number of hydrogen-bond donors (Lipinski definition) is 0. The Balaban J connectivity index is 1.12. The van der Waals surface area contributed by atoms with E-state index < -0.39 is 19.9 Å². The molecule has 0 N–H and O–H groups in total. The van der Waals surface area contributed by atoms with Crippen LogP contribution in [0.5, 0.6) is 0 Å². The van der Waals surface area contributed by atoms with Gasteiger partial charge in [-0.25, -0.2) is 14.6 Å². The van der Waals surface area contributed by atoms with Crippen LogP contribution in [0.1, 0.15) is 138 Å². The number of hydrogen-bond acceptors (Lipinski definition) is 9. The molecule has 5 aliphatic rings. The van der Waals surface area contributed by atoms with Crippen LogP contribution in [0.25, 0.3) is 11.1 Å². The van der Waals surface area contributed by atoms with E-state index in [2.05, 4.69) is 70.3 Å². The monoisotopic (exact) mass is 812 g/mol. The van der Waals surface area contributed by atoms with Gasteiger partial charge in [-0.3, -0.25) is 4.68 Å². The summed E-state index contributed by atoms with van der Waals surface area (Å²) >= 11 is 0. The first-order valence-electron chi connectivity index (χ1n) is 21.5. The highest BCUT2D eigenvalue weighted by Crippen LogP contribution is 2.72. The fraction of sp³-hybridized carbons (Fsp3) is 0.660. The first-order valence-corrected chi connectivity index (χ1v) is 24.4. The number of anilines is 1. The summed E-state index contributed by atoms with van der Waals surface area (Å²) in [7, 11) is -0.433. The molecular weight excluding hydrogens is 745 g/mol. The molecule has 0 saturated heterocycles. The second kappa shape index (κ2) is 14.9. The molecule has 58 heavy (non-hydrogen) atoms. The molecule has 11 heteroatoms. The molecule has 8 rings (SSSR count). The lowest BCUT2D eigenvalue weighted by Crippen LogP contribution is -2.63. The summed E-state index contributed by atoms with van der Waals surface area (Å²) < 4.78 is 26.7. The first-order chi connectivity index (χ1) is 27.0. The molecule has 4 aliphatic carbocycles. The second-order valence-electron chi connectivity index (χ2n) is 21.6. The molecule has 4 fully saturated rings. The van der Waals surface area contributed by atoms with Gasteiger partial charge in [-0.1, -0.05) is 46.8 Å². The van der Waals surface area contributed by atoms with Crippen molar-refractivity contribution in [3.63, 3.8) is 0 Å². The second-order valence-corrected chi connectivity index (χ2v) is 26.4. The van der Waals surface area contributed by atoms with E-state index in [4.69, 9.17) is 28.7 Å². The van der Waals surface area contributed by atoms with E-state index in [1.165, 1.54) is 26.4 Å². The van der Waals surface area contributed by atoms with E-state index in [9.17, 15) is 9.59 Å². The number of carbonyl (C=O) groups excluding carboxylic acids is 2. The fourth-order valence-electron chi connectivity index (χ4n) is 11.7. The van der Waals surface area contributed by atoms with Crippen molar-refractivity contribution in [2.75, 3.05) is 31.8 Å². The molecule has 0 radical (unpaired) electrons. The molecule has 4 saturated carbocycles. The molecule has 1 aliphatic heterocycles. The first kappa shape index (κ1) is 42.6. The van der Waals surface area contributed by atoms with Crippen LogP contribution in [0.3, 0.4) is 0 Å². The van der Waals surface area contributed by atoms with Crippen LogP contribution in [0.15, 0.2) is 36.5 Å². The topological polar surface area (TPSA) is 105 Å². The summed E-state index contributed by atoms with van der Waals surface area (Å²) in [5, 5.41) is 5.13. The van der Waals surface area contributed by atoms with Crippen molar-refractivity contribution in [1.29, 1.82) is 0 Å². The van der Waals surface area contributed by atoms with Gasteiger partial charge in [0.1, 0.15) is 11.4 Å². The van der Waals surface area contributed by atoms with Gasteiger partial charge in [0.15, 0.2) is 14.0 Å². The quantitative estimate of drug-likeness (QED) is 0.100. The maximum atomic E-state index is 13.9. The maximum Gasteiger partial charge on any atom is 0.358 e. The molecule has 1 aromatic carbocycles. The number of esters is 2. The molecule has 10 nitrogen and oxygen atoms in total. The van der Waals surface area contributed by atoms with Crippen LogP contribution in [-0.4, -0.2) is 73.1 Å². The summed E-state index contributed by atoms with van der Waals surface area (Å²) in [6, 6.07) is 9.72. The number of aryl methyl sites for hydroxylation is 1. The Bertz CT molecular complexity index is 2040. The summed E-state index contributed by atoms with van der Waals surface area (Å²) in [4.78, 5) is 33.7. The van der Waals surface area contributed by atoms with Gasteiger partial charge in [0.25, 0.3) is 0 Å². The highest BCUT2D eigenvalue weighted by molar-refractivity contribution is 6.74. The van der Waals surface area contributed by atoms with Gasteiger partial charge in [0.2, 0.25) is 0 Å². The minimum absolute atomic E-state index is 0.105. The smallest absolute Gasteiger partial charge is 0.358 e. The van der Waals surface area contributed by atoms with Crippen molar-refractivity contribution >= 4 is 26.1 Å². The van der Waals surface area contributed by atoms with Crippen molar-refractivity contribution in [1.82, 2.24) is 14.8 Å². The minimum Gasteiger partial charge on any atom is -0.465 e. The number of fused-ring (bicyclic) bond motifs is 1. The molecule has 3 heterocycles. The van der Waals surface area contributed by atoms with Crippen molar-refractivity contribution < 1.29 is 28.2 Å². The standard InChI is InChI=1S/C47H68N4O6Si/c1-32-36(34-16-17-38(49-39(34)41(53)57-42(2,3)4)50-20-18-33-14-13-15-35(37(33)25-50)40(52)54-10)24-48-51(32)21-19-46-27-44(8)26-45(9,28-46)30-47(29-44,31-46)55-22-23-56-58(11,12)43(5,6)7/h13-17,24H,18-23,25-31H2,1-12H3. The summed E-state index contributed by atoms with van der Waals surface area (Å²) in [5.41, 5.74) is 5.37. The minimum atomic E-state index is -1.84. The molecule has 0 spiro atoms. The SMILES string of the molecule is COC(=O)c1cccc2c1CN(c1ccc(-c3cnn(CCC45CC6(C)CC(C)(C4)CC(OCCO[Si](C)(C)C(C)(C)C)(C6)C5)c3C)c(C(=O)OC(C)(C)C)n1)CC2. The van der Waals surface area contributed by atoms with Crippen LogP contribution >= 0.6 is 0 Å². The predicted molar refractivity (Wildman–Crippen MR) is 231 cm³/mol. The van der Waals surface area contributed by atoms with Crippen molar-refractivity contribution in [3.05, 3.63) is 64.6 Å². The molecule has 3 aromatic rings. The molecule has 4 bridgehead atoms. The average Bonchev–Trinajstić information content (AvgIpc) is 3.48. The molecular formula is C47H68N4O6Si. The van der Waals surface area contributed by atoms with Crippen molar-refractivity contribution in [2.45, 2.75) is 156 Å². The van der Waals surface area contributed by atoms with Gasteiger partial charge in [0, 0.05) is 36.5 Å². The zero-order chi connectivity index (χ0) is 42.1. The molecule has 2 atom stereocenters. The van der Waals surface area contributed by atoms with Crippen LogP contribution < -0.4 is 4.90 Å².